The molecule has 1 atom stereocenters. The quantitative estimate of drug-likeness (QED) is 0.822. The molecular weight excluding hydrogens is 214 g/mol. The third-order valence-electron chi connectivity index (χ3n) is 3.03. The minimum Gasteiger partial charge on any atom is -0.374 e. The smallest absolute Gasteiger partial charge is 0.0826 e. The van der Waals surface area contributed by atoms with Crippen LogP contribution in [0.3, 0.4) is 0 Å². The van der Waals surface area contributed by atoms with Gasteiger partial charge in [-0.25, -0.2) is 0 Å². The van der Waals surface area contributed by atoms with Crippen molar-refractivity contribution in [2.45, 2.75) is 19.6 Å². The Morgan fingerprint density at radius 2 is 2.47 bits per heavy atom. The molecule has 1 aromatic rings. The molecule has 1 saturated heterocycles. The largest absolute Gasteiger partial charge is 0.374 e. The van der Waals surface area contributed by atoms with E-state index in [2.05, 4.69) is 28.2 Å². The Balaban J connectivity index is 1.83. The zero-order valence-corrected chi connectivity index (χ0v) is 10.4. The Hall–Kier alpha value is -0.970. The summed E-state index contributed by atoms with van der Waals surface area (Å²) in [5.74, 6) is 0. The summed E-state index contributed by atoms with van der Waals surface area (Å²) in [5, 5.41) is 3.36. The van der Waals surface area contributed by atoms with Crippen LogP contribution in [0.4, 0.5) is 0 Å². The summed E-state index contributed by atoms with van der Waals surface area (Å²) >= 11 is 0. The van der Waals surface area contributed by atoms with Crippen LogP contribution < -0.4 is 5.32 Å². The van der Waals surface area contributed by atoms with E-state index in [4.69, 9.17) is 4.74 Å². The first-order chi connectivity index (χ1) is 8.38. The number of nitrogens with zero attached hydrogens (tertiary/aromatic N) is 2. The van der Waals surface area contributed by atoms with Gasteiger partial charge in [-0.2, -0.15) is 0 Å². The van der Waals surface area contributed by atoms with Gasteiger partial charge < -0.3 is 10.1 Å². The fourth-order valence-electron chi connectivity index (χ4n) is 2.05. The van der Waals surface area contributed by atoms with Gasteiger partial charge in [0.25, 0.3) is 0 Å². The van der Waals surface area contributed by atoms with Gasteiger partial charge in [-0.3, -0.25) is 9.88 Å². The van der Waals surface area contributed by atoms with Crippen LogP contribution in [-0.2, 0) is 11.3 Å². The molecule has 2 rings (SSSR count). The molecule has 4 heteroatoms. The van der Waals surface area contributed by atoms with E-state index in [0.29, 0.717) is 6.10 Å². The zero-order valence-electron chi connectivity index (χ0n) is 10.4. The van der Waals surface area contributed by atoms with Crippen molar-refractivity contribution in [3.8, 4) is 0 Å². The van der Waals surface area contributed by atoms with Crippen molar-refractivity contribution in [1.29, 1.82) is 0 Å². The lowest BCUT2D eigenvalue weighted by Crippen LogP contribution is -2.45. The first-order valence-electron chi connectivity index (χ1n) is 6.33. The molecule has 0 amide bonds. The molecule has 1 aliphatic heterocycles. The van der Waals surface area contributed by atoms with Gasteiger partial charge in [0.05, 0.1) is 18.4 Å². The Bertz CT molecular complexity index is 312. The van der Waals surface area contributed by atoms with Crippen molar-refractivity contribution in [3.63, 3.8) is 0 Å². The van der Waals surface area contributed by atoms with Crippen LogP contribution >= 0.6 is 0 Å². The molecule has 0 bridgehead atoms. The lowest BCUT2D eigenvalue weighted by molar-refractivity contribution is 0.00475. The predicted molar refractivity (Wildman–Crippen MR) is 67.8 cm³/mol. The van der Waals surface area contributed by atoms with Crippen LogP contribution in [0.1, 0.15) is 12.6 Å². The molecule has 4 nitrogen and oxygen atoms in total. The first kappa shape index (κ1) is 12.5. The van der Waals surface area contributed by atoms with E-state index in [0.717, 1.165) is 45.0 Å². The fourth-order valence-corrected chi connectivity index (χ4v) is 2.05. The topological polar surface area (TPSA) is 37.4 Å². The maximum Gasteiger partial charge on any atom is 0.0826 e. The lowest BCUT2D eigenvalue weighted by atomic mass is 10.2. The highest BCUT2D eigenvalue weighted by atomic mass is 16.5. The van der Waals surface area contributed by atoms with Gasteiger partial charge >= 0.3 is 0 Å². The van der Waals surface area contributed by atoms with Crippen molar-refractivity contribution in [2.24, 2.45) is 0 Å². The molecule has 17 heavy (non-hydrogen) atoms. The number of hydrogen-bond acceptors (Lipinski definition) is 4. The molecule has 1 unspecified atom stereocenters. The van der Waals surface area contributed by atoms with Crippen LogP contribution in [-0.4, -0.2) is 48.8 Å². The molecule has 2 heterocycles. The highest BCUT2D eigenvalue weighted by molar-refractivity contribution is 5.03. The number of aromatic nitrogens is 1. The maximum absolute atomic E-state index is 5.72. The summed E-state index contributed by atoms with van der Waals surface area (Å²) in [5.41, 5.74) is 1.12. The second-order valence-electron chi connectivity index (χ2n) is 4.35. The number of morpholine rings is 1. The van der Waals surface area contributed by atoms with Crippen molar-refractivity contribution in [3.05, 3.63) is 30.1 Å². The van der Waals surface area contributed by atoms with Crippen molar-refractivity contribution in [2.75, 3.05) is 32.8 Å². The molecule has 0 aromatic carbocycles. The van der Waals surface area contributed by atoms with Crippen LogP contribution in [0.15, 0.2) is 24.4 Å². The predicted octanol–water partition coefficient (Wildman–Crippen LogP) is 0.892. The summed E-state index contributed by atoms with van der Waals surface area (Å²) < 4.78 is 5.72. The van der Waals surface area contributed by atoms with E-state index in [1.54, 1.807) is 0 Å². The summed E-state index contributed by atoms with van der Waals surface area (Å²) in [6, 6.07) is 6.06. The minimum absolute atomic E-state index is 0.312. The van der Waals surface area contributed by atoms with Crippen LogP contribution in [0, 0.1) is 0 Å². The molecule has 0 saturated carbocycles. The lowest BCUT2D eigenvalue weighted by Gasteiger charge is -2.29. The molecule has 1 N–H and O–H groups in total. The van der Waals surface area contributed by atoms with Crippen LogP contribution in [0.25, 0.3) is 0 Å². The number of pyridine rings is 1. The number of hydrogen-bond donors (Lipinski definition) is 1. The minimum atomic E-state index is 0.312. The first-order valence-corrected chi connectivity index (χ1v) is 6.33. The van der Waals surface area contributed by atoms with E-state index in [-0.39, 0.29) is 0 Å². The summed E-state index contributed by atoms with van der Waals surface area (Å²) in [6.45, 7) is 7.83. The molecule has 0 aliphatic carbocycles. The van der Waals surface area contributed by atoms with Gasteiger partial charge in [-0.05, 0) is 18.7 Å². The van der Waals surface area contributed by atoms with E-state index in [1.807, 2.05) is 18.3 Å². The molecule has 0 radical (unpaired) electrons. The van der Waals surface area contributed by atoms with Crippen molar-refractivity contribution in [1.82, 2.24) is 15.2 Å². The molecule has 94 valence electrons. The monoisotopic (exact) mass is 235 g/mol. The van der Waals surface area contributed by atoms with Gasteiger partial charge in [0.1, 0.15) is 0 Å². The maximum atomic E-state index is 5.72. The second-order valence-corrected chi connectivity index (χ2v) is 4.35. The van der Waals surface area contributed by atoms with Crippen molar-refractivity contribution >= 4 is 0 Å². The standard InChI is InChI=1S/C13H21N3O/c1-2-16(10-12-5-3-4-6-15-12)11-13-9-14-7-8-17-13/h3-6,13-14H,2,7-11H2,1H3. The normalized spacial score (nSPS) is 20.7. The van der Waals surface area contributed by atoms with E-state index < -0.39 is 0 Å². The van der Waals surface area contributed by atoms with E-state index in [1.165, 1.54) is 0 Å². The highest BCUT2D eigenvalue weighted by Gasteiger charge is 2.16. The van der Waals surface area contributed by atoms with E-state index in [9.17, 15) is 0 Å². The van der Waals surface area contributed by atoms with Gasteiger partial charge in [0.2, 0.25) is 0 Å². The van der Waals surface area contributed by atoms with Crippen LogP contribution in [0.5, 0.6) is 0 Å². The molecule has 1 aromatic heterocycles. The third-order valence-corrected chi connectivity index (χ3v) is 3.03. The average Bonchev–Trinajstić information content (AvgIpc) is 2.40. The second kappa shape index (κ2) is 6.69. The van der Waals surface area contributed by atoms with Gasteiger partial charge in [-0.15, -0.1) is 0 Å². The molecule has 0 spiro atoms. The number of nitrogens with one attached hydrogen (secondary N) is 1. The molecule has 1 aliphatic rings. The van der Waals surface area contributed by atoms with Crippen LogP contribution in [0.2, 0.25) is 0 Å². The zero-order chi connectivity index (χ0) is 11.9. The molecular formula is C13H21N3O. The number of ether oxygens (including phenoxy) is 1. The summed E-state index contributed by atoms with van der Waals surface area (Å²) in [6.07, 6.45) is 2.16. The Kier molecular flexibility index (Phi) is 4.91. The average molecular weight is 235 g/mol. The molecule has 1 fully saturated rings. The van der Waals surface area contributed by atoms with Gasteiger partial charge in [-0.1, -0.05) is 13.0 Å². The van der Waals surface area contributed by atoms with Crippen molar-refractivity contribution < 1.29 is 4.74 Å². The fraction of sp³-hybridized carbons (Fsp3) is 0.615. The Morgan fingerprint density at radius 1 is 1.53 bits per heavy atom. The van der Waals surface area contributed by atoms with Gasteiger partial charge in [0.15, 0.2) is 0 Å². The summed E-state index contributed by atoms with van der Waals surface area (Å²) in [7, 11) is 0. The number of rotatable bonds is 5. The van der Waals surface area contributed by atoms with E-state index >= 15 is 0 Å². The highest BCUT2D eigenvalue weighted by Crippen LogP contribution is 2.05. The number of likely N-dealkylation sites (N-methyl/N-ethyl adjacent to an activating group) is 1. The SMILES string of the molecule is CCN(Cc1ccccn1)CC1CNCCO1. The Morgan fingerprint density at radius 3 is 3.12 bits per heavy atom. The third kappa shape index (κ3) is 4.07. The Labute approximate surface area is 103 Å². The van der Waals surface area contributed by atoms with Gasteiger partial charge in [0, 0.05) is 32.4 Å². The summed E-state index contributed by atoms with van der Waals surface area (Å²) in [4.78, 5) is 6.74.